The van der Waals surface area contributed by atoms with Crippen molar-refractivity contribution in [2.24, 2.45) is 0 Å². The van der Waals surface area contributed by atoms with Crippen LogP contribution >= 0.6 is 0 Å². The molecule has 6 heteroatoms. The summed E-state index contributed by atoms with van der Waals surface area (Å²) in [6, 6.07) is 3.66. The Hall–Kier alpha value is -1.30. The quantitative estimate of drug-likeness (QED) is 0.853. The number of aromatic nitrogens is 1. The van der Waals surface area contributed by atoms with E-state index in [0.29, 0.717) is 12.4 Å². The van der Waals surface area contributed by atoms with Crippen LogP contribution in [0.15, 0.2) is 18.3 Å². The van der Waals surface area contributed by atoms with Gasteiger partial charge in [0.2, 0.25) is 0 Å². The number of pyridine rings is 1. The van der Waals surface area contributed by atoms with Gasteiger partial charge in [-0.25, -0.2) is 4.98 Å². The van der Waals surface area contributed by atoms with Crippen molar-refractivity contribution in [2.45, 2.75) is 26.1 Å². The van der Waals surface area contributed by atoms with Gasteiger partial charge in [-0.05, 0) is 24.2 Å². The molecule has 1 aromatic heterocycles. The molecule has 0 aromatic carbocycles. The Morgan fingerprint density at radius 1 is 1.39 bits per heavy atom. The second-order valence-corrected chi connectivity index (χ2v) is 4.09. The van der Waals surface area contributed by atoms with Crippen molar-refractivity contribution in [3.05, 3.63) is 23.9 Å². The van der Waals surface area contributed by atoms with E-state index < -0.39 is 12.6 Å². The van der Waals surface area contributed by atoms with Crippen molar-refractivity contribution in [3.8, 4) is 0 Å². The van der Waals surface area contributed by atoms with E-state index in [1.807, 2.05) is 13.0 Å². The first-order valence-electron chi connectivity index (χ1n) is 5.86. The van der Waals surface area contributed by atoms with E-state index in [-0.39, 0.29) is 6.54 Å². The minimum atomic E-state index is -4.13. The molecule has 1 aromatic rings. The summed E-state index contributed by atoms with van der Waals surface area (Å²) >= 11 is 0. The summed E-state index contributed by atoms with van der Waals surface area (Å²) in [6.07, 6.45) is -3.34. The number of alkyl halides is 3. The van der Waals surface area contributed by atoms with Crippen molar-refractivity contribution in [3.63, 3.8) is 0 Å². The highest BCUT2D eigenvalue weighted by Crippen LogP contribution is 2.21. The summed E-state index contributed by atoms with van der Waals surface area (Å²) in [5.41, 5.74) is 1.01. The van der Waals surface area contributed by atoms with Gasteiger partial charge in [-0.1, -0.05) is 6.92 Å². The van der Waals surface area contributed by atoms with E-state index in [2.05, 4.69) is 10.3 Å². The predicted molar refractivity (Wildman–Crippen MR) is 65.6 cm³/mol. The fourth-order valence-electron chi connectivity index (χ4n) is 1.46. The second-order valence-electron chi connectivity index (χ2n) is 4.09. The van der Waals surface area contributed by atoms with Gasteiger partial charge in [-0.15, -0.1) is 0 Å². The third-order valence-electron chi connectivity index (χ3n) is 2.51. The average Bonchev–Trinajstić information content (AvgIpc) is 2.33. The lowest BCUT2D eigenvalue weighted by Gasteiger charge is -2.19. The third-order valence-corrected chi connectivity index (χ3v) is 2.51. The SMILES string of the molecule is CCNCc1ccnc(N(C)CCC(F)(F)F)c1. The predicted octanol–water partition coefficient (Wildman–Crippen LogP) is 2.58. The zero-order chi connectivity index (χ0) is 13.6. The molecule has 0 radical (unpaired) electrons. The maximum absolute atomic E-state index is 12.1. The van der Waals surface area contributed by atoms with Gasteiger partial charge in [-0.3, -0.25) is 0 Å². The molecular formula is C12H18F3N3. The highest BCUT2D eigenvalue weighted by Gasteiger charge is 2.27. The molecule has 0 aliphatic rings. The normalized spacial score (nSPS) is 11.6. The van der Waals surface area contributed by atoms with E-state index in [4.69, 9.17) is 0 Å². The Morgan fingerprint density at radius 2 is 2.11 bits per heavy atom. The molecule has 0 saturated heterocycles. The molecule has 0 aliphatic carbocycles. The maximum Gasteiger partial charge on any atom is 0.390 e. The van der Waals surface area contributed by atoms with Crippen molar-refractivity contribution in [1.82, 2.24) is 10.3 Å². The largest absolute Gasteiger partial charge is 0.390 e. The van der Waals surface area contributed by atoms with Crippen molar-refractivity contribution in [2.75, 3.05) is 25.0 Å². The first-order chi connectivity index (χ1) is 8.42. The molecule has 18 heavy (non-hydrogen) atoms. The van der Waals surface area contributed by atoms with Gasteiger partial charge >= 0.3 is 6.18 Å². The number of nitrogens with zero attached hydrogens (tertiary/aromatic N) is 2. The zero-order valence-electron chi connectivity index (χ0n) is 10.6. The summed E-state index contributed by atoms with van der Waals surface area (Å²) in [7, 11) is 1.62. The maximum atomic E-state index is 12.1. The lowest BCUT2D eigenvalue weighted by Crippen LogP contribution is -2.25. The Morgan fingerprint density at radius 3 is 2.72 bits per heavy atom. The van der Waals surface area contributed by atoms with Crippen LogP contribution in [-0.2, 0) is 6.54 Å². The molecule has 0 saturated carbocycles. The highest BCUT2D eigenvalue weighted by atomic mass is 19.4. The number of nitrogens with one attached hydrogen (secondary N) is 1. The van der Waals surface area contributed by atoms with Crippen LogP contribution < -0.4 is 10.2 Å². The van der Waals surface area contributed by atoms with E-state index >= 15 is 0 Å². The molecule has 0 amide bonds. The molecular weight excluding hydrogens is 243 g/mol. The molecule has 0 fully saturated rings. The van der Waals surface area contributed by atoms with E-state index in [1.54, 1.807) is 19.3 Å². The second kappa shape index (κ2) is 6.58. The zero-order valence-corrected chi connectivity index (χ0v) is 10.6. The number of anilines is 1. The Labute approximate surface area is 105 Å². The van der Waals surface area contributed by atoms with Crippen LogP contribution in [0.2, 0.25) is 0 Å². The van der Waals surface area contributed by atoms with Crippen molar-refractivity contribution >= 4 is 5.82 Å². The van der Waals surface area contributed by atoms with Gasteiger partial charge in [0.1, 0.15) is 5.82 Å². The van der Waals surface area contributed by atoms with Gasteiger partial charge in [0, 0.05) is 26.3 Å². The molecule has 1 rings (SSSR count). The monoisotopic (exact) mass is 261 g/mol. The third kappa shape index (κ3) is 5.35. The lowest BCUT2D eigenvalue weighted by molar-refractivity contribution is -0.132. The van der Waals surface area contributed by atoms with Crippen LogP contribution in [0.4, 0.5) is 19.0 Å². The molecule has 102 valence electrons. The summed E-state index contributed by atoms with van der Waals surface area (Å²) < 4.78 is 36.4. The van der Waals surface area contributed by atoms with Crippen LogP contribution in [0.25, 0.3) is 0 Å². The van der Waals surface area contributed by atoms with Gasteiger partial charge in [0.25, 0.3) is 0 Å². The molecule has 0 unspecified atom stereocenters. The molecule has 0 aliphatic heterocycles. The summed E-state index contributed by atoms with van der Waals surface area (Å²) in [5.74, 6) is 0.564. The van der Waals surface area contributed by atoms with Crippen molar-refractivity contribution in [1.29, 1.82) is 0 Å². The van der Waals surface area contributed by atoms with E-state index in [1.165, 1.54) is 4.90 Å². The number of hydrogen-bond donors (Lipinski definition) is 1. The van der Waals surface area contributed by atoms with Gasteiger partial charge in [-0.2, -0.15) is 13.2 Å². The fourth-order valence-corrected chi connectivity index (χ4v) is 1.46. The van der Waals surface area contributed by atoms with Crippen LogP contribution in [-0.4, -0.2) is 31.3 Å². The lowest BCUT2D eigenvalue weighted by atomic mass is 10.2. The summed E-state index contributed by atoms with van der Waals surface area (Å²) in [5, 5.41) is 3.16. The van der Waals surface area contributed by atoms with Gasteiger partial charge in [0.05, 0.1) is 6.42 Å². The van der Waals surface area contributed by atoms with Crippen LogP contribution in [0.3, 0.4) is 0 Å². The summed E-state index contributed by atoms with van der Waals surface area (Å²) in [4.78, 5) is 5.60. The average molecular weight is 261 g/mol. The molecule has 1 N–H and O–H groups in total. The minimum absolute atomic E-state index is 0.0822. The van der Waals surface area contributed by atoms with Crippen LogP contribution in [0, 0.1) is 0 Å². The molecule has 1 heterocycles. The number of hydrogen-bond acceptors (Lipinski definition) is 3. The molecule has 0 spiro atoms. The molecule has 0 bridgehead atoms. The topological polar surface area (TPSA) is 28.2 Å². The van der Waals surface area contributed by atoms with Crippen LogP contribution in [0.1, 0.15) is 18.9 Å². The first kappa shape index (κ1) is 14.8. The Balaban J connectivity index is 2.59. The van der Waals surface area contributed by atoms with E-state index in [9.17, 15) is 13.2 Å². The standard InChI is InChI=1S/C12H18F3N3/c1-3-16-9-10-4-6-17-11(8-10)18(2)7-5-12(13,14)15/h4,6,8,16H,3,5,7,9H2,1-2H3. The summed E-state index contributed by atoms with van der Waals surface area (Å²) in [6.45, 7) is 3.46. The van der Waals surface area contributed by atoms with Gasteiger partial charge < -0.3 is 10.2 Å². The smallest absolute Gasteiger partial charge is 0.359 e. The number of rotatable bonds is 6. The Kier molecular flexibility index (Phi) is 5.40. The first-order valence-corrected chi connectivity index (χ1v) is 5.86. The van der Waals surface area contributed by atoms with Gasteiger partial charge in [0.15, 0.2) is 0 Å². The number of halogens is 3. The highest BCUT2D eigenvalue weighted by molar-refractivity contribution is 5.39. The Bertz CT molecular complexity index is 366. The van der Waals surface area contributed by atoms with E-state index in [0.717, 1.165) is 12.1 Å². The molecule has 3 nitrogen and oxygen atoms in total. The minimum Gasteiger partial charge on any atom is -0.359 e. The van der Waals surface area contributed by atoms with Crippen molar-refractivity contribution < 1.29 is 13.2 Å². The molecule has 0 atom stereocenters. The fraction of sp³-hybridized carbons (Fsp3) is 0.583. The van der Waals surface area contributed by atoms with Crippen LogP contribution in [0.5, 0.6) is 0 Å².